The molecule has 0 aromatic carbocycles. The lowest BCUT2D eigenvalue weighted by molar-refractivity contribution is -0.143. The molecule has 0 aliphatic rings. The van der Waals surface area contributed by atoms with Gasteiger partial charge in [0.15, 0.2) is 0 Å². The lowest BCUT2D eigenvalue weighted by Gasteiger charge is -2.22. The number of nitrogens with one attached hydrogen (secondary N) is 1. The fourth-order valence-corrected chi connectivity index (χ4v) is 9.27. The minimum atomic E-state index is -0.669. The van der Waals surface area contributed by atoms with E-state index in [4.69, 9.17) is 4.74 Å². The number of allylic oxidation sites excluding steroid dienone is 2. The van der Waals surface area contributed by atoms with E-state index in [1.807, 2.05) is 0 Å². The Hall–Kier alpha value is -1.40. The van der Waals surface area contributed by atoms with Crippen molar-refractivity contribution in [1.29, 1.82) is 0 Å². The van der Waals surface area contributed by atoms with E-state index in [2.05, 4.69) is 31.3 Å². The van der Waals surface area contributed by atoms with Crippen LogP contribution in [0, 0.1) is 0 Å². The van der Waals surface area contributed by atoms with Gasteiger partial charge in [-0.2, -0.15) is 0 Å². The topological polar surface area (TPSA) is 95.9 Å². The van der Waals surface area contributed by atoms with Crippen molar-refractivity contribution in [3.63, 3.8) is 0 Å². The third-order valence-electron chi connectivity index (χ3n) is 13.8. The van der Waals surface area contributed by atoms with Gasteiger partial charge in [0, 0.05) is 12.8 Å². The van der Waals surface area contributed by atoms with Gasteiger partial charge in [-0.15, -0.1) is 0 Å². The fraction of sp³-hybridized carbons (Fsp3) is 0.932. The zero-order valence-corrected chi connectivity index (χ0v) is 44.0. The summed E-state index contributed by atoms with van der Waals surface area (Å²) in [7, 11) is 0. The van der Waals surface area contributed by atoms with E-state index in [0.717, 1.165) is 44.9 Å². The smallest absolute Gasteiger partial charge is 0.305 e. The molecule has 0 fully saturated rings. The predicted octanol–water partition coefficient (Wildman–Crippen LogP) is 18.1. The van der Waals surface area contributed by atoms with Gasteiger partial charge in [0.2, 0.25) is 5.91 Å². The van der Waals surface area contributed by atoms with Gasteiger partial charge in [-0.3, -0.25) is 9.59 Å². The molecule has 0 aliphatic heterocycles. The number of aliphatic hydroxyl groups is 2. The van der Waals surface area contributed by atoms with Crippen LogP contribution in [0.25, 0.3) is 0 Å². The molecule has 0 saturated heterocycles. The van der Waals surface area contributed by atoms with Crippen molar-refractivity contribution in [2.45, 2.75) is 341 Å². The highest BCUT2D eigenvalue weighted by molar-refractivity contribution is 5.76. The molecule has 3 N–H and O–H groups in total. The summed E-state index contributed by atoms with van der Waals surface area (Å²) in [4.78, 5) is 24.5. The lowest BCUT2D eigenvalue weighted by atomic mass is 10.0. The molecule has 0 aliphatic carbocycles. The quantitative estimate of drug-likeness (QED) is 0.0321. The van der Waals surface area contributed by atoms with Crippen LogP contribution in [-0.4, -0.2) is 47.4 Å². The van der Waals surface area contributed by atoms with Gasteiger partial charge in [0.25, 0.3) is 0 Å². The standard InChI is InChI=1S/C59H115NO5/c1-3-5-7-9-11-13-15-16-17-18-19-20-21-22-25-28-32-35-39-43-47-51-57(62)56(55-61)60-58(63)52-48-44-40-36-33-29-26-23-24-27-30-34-38-42-46-50-54-65-59(64)53-49-45-41-37-31-14-12-10-8-6-4-2/h10,12,56-57,61-62H,3-9,11,13-55H2,1-2H3,(H,60,63)/b12-10-. The zero-order valence-electron chi connectivity index (χ0n) is 44.0. The Morgan fingerprint density at radius 2 is 0.738 bits per heavy atom. The van der Waals surface area contributed by atoms with E-state index in [-0.39, 0.29) is 18.5 Å². The van der Waals surface area contributed by atoms with Gasteiger partial charge in [-0.1, -0.05) is 283 Å². The van der Waals surface area contributed by atoms with Crippen LogP contribution in [-0.2, 0) is 14.3 Å². The maximum atomic E-state index is 12.5. The second-order valence-corrected chi connectivity index (χ2v) is 20.3. The van der Waals surface area contributed by atoms with E-state index in [1.54, 1.807) is 0 Å². The molecule has 6 heteroatoms. The van der Waals surface area contributed by atoms with Crippen molar-refractivity contribution < 1.29 is 24.5 Å². The molecule has 0 rings (SSSR count). The predicted molar refractivity (Wildman–Crippen MR) is 283 cm³/mol. The Kier molecular flexibility index (Phi) is 54.0. The fourth-order valence-electron chi connectivity index (χ4n) is 9.27. The first kappa shape index (κ1) is 63.6. The lowest BCUT2D eigenvalue weighted by Crippen LogP contribution is -2.45. The number of carbonyl (C=O) groups is 2. The molecular weight excluding hydrogens is 803 g/mol. The number of amides is 1. The number of hydrogen-bond donors (Lipinski definition) is 3. The summed E-state index contributed by atoms with van der Waals surface area (Å²) >= 11 is 0. The molecule has 0 heterocycles. The van der Waals surface area contributed by atoms with Crippen LogP contribution in [0.5, 0.6) is 0 Å². The van der Waals surface area contributed by atoms with Crippen molar-refractivity contribution in [2.75, 3.05) is 13.2 Å². The Morgan fingerprint density at radius 1 is 0.415 bits per heavy atom. The number of esters is 1. The molecule has 0 bridgehead atoms. The Balaban J connectivity index is 3.43. The second-order valence-electron chi connectivity index (χ2n) is 20.3. The van der Waals surface area contributed by atoms with Crippen LogP contribution < -0.4 is 5.32 Å². The van der Waals surface area contributed by atoms with E-state index in [0.29, 0.717) is 25.9 Å². The molecule has 0 aromatic rings. The monoisotopic (exact) mass is 918 g/mol. The minimum absolute atomic E-state index is 0.00707. The molecule has 6 nitrogen and oxygen atoms in total. The average Bonchev–Trinajstić information content (AvgIpc) is 3.31. The van der Waals surface area contributed by atoms with Gasteiger partial charge >= 0.3 is 5.97 Å². The number of hydrogen-bond acceptors (Lipinski definition) is 5. The molecule has 0 aromatic heterocycles. The van der Waals surface area contributed by atoms with Crippen LogP contribution >= 0.6 is 0 Å². The van der Waals surface area contributed by atoms with Crippen molar-refractivity contribution in [1.82, 2.24) is 5.32 Å². The summed E-state index contributed by atoms with van der Waals surface area (Å²) in [6.07, 6.45) is 64.9. The number of aliphatic hydroxyl groups excluding tert-OH is 2. The molecule has 1 amide bonds. The Labute approximate surface area is 406 Å². The maximum Gasteiger partial charge on any atom is 0.305 e. The third kappa shape index (κ3) is 51.8. The van der Waals surface area contributed by atoms with Crippen molar-refractivity contribution in [2.24, 2.45) is 0 Å². The van der Waals surface area contributed by atoms with E-state index >= 15 is 0 Å². The van der Waals surface area contributed by atoms with Crippen LogP contribution in [0.3, 0.4) is 0 Å². The number of unbranched alkanes of at least 4 members (excludes halogenated alkanes) is 42. The number of carbonyl (C=O) groups excluding carboxylic acids is 2. The Morgan fingerprint density at radius 3 is 1.14 bits per heavy atom. The molecular formula is C59H115NO5. The average molecular weight is 919 g/mol. The van der Waals surface area contributed by atoms with Crippen molar-refractivity contribution in [3.8, 4) is 0 Å². The largest absolute Gasteiger partial charge is 0.466 e. The van der Waals surface area contributed by atoms with Crippen molar-refractivity contribution in [3.05, 3.63) is 12.2 Å². The molecule has 0 saturated carbocycles. The van der Waals surface area contributed by atoms with E-state index < -0.39 is 12.1 Å². The van der Waals surface area contributed by atoms with Crippen LogP contribution in [0.4, 0.5) is 0 Å². The normalized spacial score (nSPS) is 12.6. The van der Waals surface area contributed by atoms with Gasteiger partial charge in [0.05, 0.1) is 25.4 Å². The molecule has 65 heavy (non-hydrogen) atoms. The molecule has 386 valence electrons. The van der Waals surface area contributed by atoms with Gasteiger partial charge in [-0.05, 0) is 44.9 Å². The first-order chi connectivity index (χ1) is 32.0. The zero-order chi connectivity index (χ0) is 47.2. The first-order valence-electron chi connectivity index (χ1n) is 29.4. The summed E-state index contributed by atoms with van der Waals surface area (Å²) in [5.41, 5.74) is 0. The molecule has 2 atom stereocenters. The number of rotatable bonds is 55. The van der Waals surface area contributed by atoms with Crippen LogP contribution in [0.2, 0.25) is 0 Å². The Bertz CT molecular complexity index is 970. The summed E-state index contributed by atoms with van der Waals surface area (Å²) in [6, 6.07) is -0.547. The van der Waals surface area contributed by atoms with E-state index in [9.17, 15) is 19.8 Å². The molecule has 0 radical (unpaired) electrons. The van der Waals surface area contributed by atoms with E-state index in [1.165, 1.54) is 250 Å². The molecule has 0 spiro atoms. The minimum Gasteiger partial charge on any atom is -0.466 e. The summed E-state index contributed by atoms with van der Waals surface area (Å²) in [5, 5.41) is 23.3. The third-order valence-corrected chi connectivity index (χ3v) is 13.8. The second kappa shape index (κ2) is 55.2. The van der Waals surface area contributed by atoms with Gasteiger partial charge in [-0.25, -0.2) is 0 Å². The first-order valence-corrected chi connectivity index (χ1v) is 29.4. The maximum absolute atomic E-state index is 12.5. The highest BCUT2D eigenvalue weighted by Gasteiger charge is 2.20. The summed E-state index contributed by atoms with van der Waals surface area (Å²) in [5.74, 6) is -0.0456. The summed E-state index contributed by atoms with van der Waals surface area (Å²) in [6.45, 7) is 4.92. The van der Waals surface area contributed by atoms with Crippen molar-refractivity contribution >= 4 is 11.9 Å². The highest BCUT2D eigenvalue weighted by Crippen LogP contribution is 2.18. The van der Waals surface area contributed by atoms with Gasteiger partial charge in [0.1, 0.15) is 0 Å². The summed E-state index contributed by atoms with van der Waals surface area (Å²) < 4.78 is 5.45. The van der Waals surface area contributed by atoms with Crippen LogP contribution in [0.15, 0.2) is 12.2 Å². The SMILES string of the molecule is CCCC/C=C\CCCCCCCC(=O)OCCCCCCCCCCCCCCCCCCC(=O)NC(CO)C(O)CCCCCCCCCCCCCCCCCCCCCCC. The van der Waals surface area contributed by atoms with Crippen LogP contribution in [0.1, 0.15) is 328 Å². The highest BCUT2D eigenvalue weighted by atomic mass is 16.5. The van der Waals surface area contributed by atoms with Gasteiger partial charge < -0.3 is 20.3 Å². The molecule has 2 unspecified atom stereocenters. The number of ether oxygens (including phenoxy) is 1.